The molecule has 26 heavy (non-hydrogen) atoms. The van der Waals surface area contributed by atoms with Crippen molar-refractivity contribution in [2.45, 2.75) is 97.8 Å². The fourth-order valence-electron chi connectivity index (χ4n) is 8.82. The molecule has 4 aliphatic rings. The molecule has 0 amide bonds. The van der Waals surface area contributed by atoms with Crippen molar-refractivity contribution in [1.82, 2.24) is 0 Å². The van der Waals surface area contributed by atoms with Crippen LogP contribution < -0.4 is 0 Å². The molecule has 0 heterocycles. The molecule has 1 N–H and O–H groups in total. The number of carboxylic acid groups (broad SMARTS) is 1. The first-order chi connectivity index (χ1) is 12.4. The summed E-state index contributed by atoms with van der Waals surface area (Å²) in [6.07, 6.45) is 15.7. The van der Waals surface area contributed by atoms with Gasteiger partial charge in [0.25, 0.3) is 0 Å². The van der Waals surface area contributed by atoms with Gasteiger partial charge in [0.1, 0.15) is 0 Å². The molecular formula is C24H40O2. The summed E-state index contributed by atoms with van der Waals surface area (Å²) in [6, 6.07) is 0. The summed E-state index contributed by atoms with van der Waals surface area (Å²) in [6.45, 7) is 7.60. The Morgan fingerprint density at radius 1 is 0.962 bits per heavy atom. The van der Waals surface area contributed by atoms with Gasteiger partial charge < -0.3 is 5.11 Å². The summed E-state index contributed by atoms with van der Waals surface area (Å²) in [4.78, 5) is 11.0. The quantitative estimate of drug-likeness (QED) is 0.618. The lowest BCUT2D eigenvalue weighted by Crippen LogP contribution is -2.53. The third kappa shape index (κ3) is 2.85. The Kier molecular flexibility index (Phi) is 4.93. The van der Waals surface area contributed by atoms with Crippen molar-refractivity contribution in [2.24, 2.45) is 46.3 Å². The predicted octanol–water partition coefficient (Wildman–Crippen LogP) is 6.54. The molecule has 4 saturated carbocycles. The van der Waals surface area contributed by atoms with E-state index in [9.17, 15) is 4.79 Å². The largest absolute Gasteiger partial charge is 0.481 e. The van der Waals surface area contributed by atoms with E-state index in [4.69, 9.17) is 5.11 Å². The van der Waals surface area contributed by atoms with Crippen molar-refractivity contribution < 1.29 is 9.90 Å². The van der Waals surface area contributed by atoms with E-state index in [1.54, 1.807) is 0 Å². The molecule has 4 fully saturated rings. The van der Waals surface area contributed by atoms with Crippen LogP contribution in [0.4, 0.5) is 0 Å². The zero-order chi connectivity index (χ0) is 18.5. The number of hydrogen-bond donors (Lipinski definition) is 1. The van der Waals surface area contributed by atoms with Gasteiger partial charge in [0, 0.05) is 6.42 Å². The second-order valence-corrected chi connectivity index (χ2v) is 11.0. The van der Waals surface area contributed by atoms with E-state index in [0.717, 1.165) is 36.0 Å². The van der Waals surface area contributed by atoms with Gasteiger partial charge in [0.05, 0.1) is 0 Å². The van der Waals surface area contributed by atoms with Crippen LogP contribution in [0.2, 0.25) is 0 Å². The van der Waals surface area contributed by atoms with Crippen molar-refractivity contribution in [3.8, 4) is 0 Å². The molecule has 0 saturated heterocycles. The van der Waals surface area contributed by atoms with E-state index in [2.05, 4.69) is 20.8 Å². The minimum absolute atomic E-state index is 0.351. The molecule has 4 rings (SSSR count). The number of carbonyl (C=O) groups is 1. The number of rotatable bonds is 4. The lowest BCUT2D eigenvalue weighted by atomic mass is 9.44. The number of aliphatic carboxylic acids is 1. The van der Waals surface area contributed by atoms with Crippen molar-refractivity contribution in [1.29, 1.82) is 0 Å². The average Bonchev–Trinajstić information content (AvgIpc) is 2.96. The third-order valence-electron chi connectivity index (χ3n) is 10.2. The molecule has 148 valence electrons. The maximum Gasteiger partial charge on any atom is 0.303 e. The van der Waals surface area contributed by atoms with Crippen molar-refractivity contribution in [3.05, 3.63) is 0 Å². The fourth-order valence-corrected chi connectivity index (χ4v) is 8.82. The Morgan fingerprint density at radius 2 is 1.73 bits per heavy atom. The lowest BCUT2D eigenvalue weighted by molar-refractivity contribution is -0.137. The van der Waals surface area contributed by atoms with Crippen molar-refractivity contribution >= 4 is 5.97 Å². The monoisotopic (exact) mass is 360 g/mol. The van der Waals surface area contributed by atoms with Gasteiger partial charge in [-0.1, -0.05) is 33.6 Å². The second-order valence-electron chi connectivity index (χ2n) is 11.0. The van der Waals surface area contributed by atoms with Gasteiger partial charge in [-0.15, -0.1) is 0 Å². The van der Waals surface area contributed by atoms with Gasteiger partial charge in [-0.3, -0.25) is 4.79 Å². The van der Waals surface area contributed by atoms with Crippen LogP contribution in [-0.4, -0.2) is 11.1 Å². The molecule has 0 aliphatic heterocycles. The molecule has 5 unspecified atom stereocenters. The van der Waals surface area contributed by atoms with Gasteiger partial charge in [-0.25, -0.2) is 0 Å². The zero-order valence-electron chi connectivity index (χ0n) is 17.3. The molecule has 0 aromatic rings. The molecule has 2 heteroatoms. The Bertz CT molecular complexity index is 542. The van der Waals surface area contributed by atoms with Crippen LogP contribution in [0.3, 0.4) is 0 Å². The predicted molar refractivity (Wildman–Crippen MR) is 106 cm³/mol. The minimum Gasteiger partial charge on any atom is -0.481 e. The highest BCUT2D eigenvalue weighted by Crippen LogP contribution is 2.68. The van der Waals surface area contributed by atoms with E-state index in [1.807, 2.05) is 0 Å². The van der Waals surface area contributed by atoms with Crippen LogP contribution >= 0.6 is 0 Å². The minimum atomic E-state index is -0.621. The fraction of sp³-hybridized carbons (Fsp3) is 0.958. The molecule has 0 aromatic carbocycles. The number of hydrogen-bond acceptors (Lipinski definition) is 1. The van der Waals surface area contributed by atoms with Crippen molar-refractivity contribution in [2.75, 3.05) is 0 Å². The van der Waals surface area contributed by atoms with Crippen LogP contribution in [0.25, 0.3) is 0 Å². The normalized spacial score (nSPS) is 49.0. The highest BCUT2D eigenvalue weighted by atomic mass is 16.4. The summed E-state index contributed by atoms with van der Waals surface area (Å²) in [5.74, 6) is 4.57. The second kappa shape index (κ2) is 6.82. The zero-order valence-corrected chi connectivity index (χ0v) is 17.3. The van der Waals surface area contributed by atoms with Gasteiger partial charge >= 0.3 is 5.97 Å². The van der Waals surface area contributed by atoms with Crippen LogP contribution in [-0.2, 0) is 4.79 Å². The Balaban J connectivity index is 1.52. The summed E-state index contributed by atoms with van der Waals surface area (Å²) in [7, 11) is 0. The molecule has 0 spiro atoms. The van der Waals surface area contributed by atoms with E-state index >= 15 is 0 Å². The Morgan fingerprint density at radius 3 is 2.50 bits per heavy atom. The molecule has 0 radical (unpaired) electrons. The third-order valence-corrected chi connectivity index (χ3v) is 10.2. The summed E-state index contributed by atoms with van der Waals surface area (Å²) < 4.78 is 0. The number of fused-ring (bicyclic) bond motifs is 5. The summed E-state index contributed by atoms with van der Waals surface area (Å²) in [5.41, 5.74) is 1.12. The van der Waals surface area contributed by atoms with E-state index < -0.39 is 5.97 Å². The van der Waals surface area contributed by atoms with Gasteiger partial charge in [0.2, 0.25) is 0 Å². The first kappa shape index (κ1) is 18.8. The van der Waals surface area contributed by atoms with Gasteiger partial charge in [-0.05, 0) is 104 Å². The highest BCUT2D eigenvalue weighted by molar-refractivity contribution is 5.66. The standard InChI is InChI=1S/C24H40O2/c1-16(7-12-22(25)26)19-10-11-20-18-9-8-17-6-4-5-14-23(17,2)21(18)13-15-24(19,20)3/h16-21H,4-15H2,1-3H3,(H,25,26)/t16-,17+,18?,19?,20?,21?,23+,24?/m1/s1. The van der Waals surface area contributed by atoms with Gasteiger partial charge in [0.15, 0.2) is 0 Å². The Labute approximate surface area is 160 Å². The maximum absolute atomic E-state index is 11.0. The molecule has 4 aliphatic carbocycles. The first-order valence-corrected chi connectivity index (χ1v) is 11.6. The smallest absolute Gasteiger partial charge is 0.303 e. The molecular weight excluding hydrogens is 320 g/mol. The van der Waals surface area contributed by atoms with E-state index in [-0.39, 0.29) is 0 Å². The van der Waals surface area contributed by atoms with Crippen LogP contribution in [0.5, 0.6) is 0 Å². The molecule has 0 aromatic heterocycles. The van der Waals surface area contributed by atoms with Crippen LogP contribution in [0.15, 0.2) is 0 Å². The van der Waals surface area contributed by atoms with E-state index in [1.165, 1.54) is 64.2 Å². The Hall–Kier alpha value is -0.530. The topological polar surface area (TPSA) is 37.3 Å². The maximum atomic E-state index is 11.0. The molecule has 8 atom stereocenters. The SMILES string of the molecule is C[C@H](CCC(=O)O)C1CCC2C3CC[C@@H]4CCCC[C@]4(C)C3CCC21C. The average molecular weight is 361 g/mol. The summed E-state index contributed by atoms with van der Waals surface area (Å²) >= 11 is 0. The van der Waals surface area contributed by atoms with Gasteiger partial charge in [-0.2, -0.15) is 0 Å². The van der Waals surface area contributed by atoms with Crippen LogP contribution in [0.1, 0.15) is 97.8 Å². The first-order valence-electron chi connectivity index (χ1n) is 11.6. The van der Waals surface area contributed by atoms with E-state index in [0.29, 0.717) is 23.2 Å². The molecule has 2 nitrogen and oxygen atoms in total. The summed E-state index contributed by atoms with van der Waals surface area (Å²) in [5, 5.41) is 9.09. The van der Waals surface area contributed by atoms with Crippen molar-refractivity contribution in [3.63, 3.8) is 0 Å². The highest BCUT2D eigenvalue weighted by Gasteiger charge is 2.60. The molecule has 0 bridgehead atoms. The number of carboxylic acids is 1. The van der Waals surface area contributed by atoms with Crippen LogP contribution in [0, 0.1) is 46.3 Å². The lowest BCUT2D eigenvalue weighted by Gasteiger charge is -2.61.